The SMILES string of the molecule is COc1ccccc1CNc1ccc(C(=O)O)cc1Br. The van der Waals surface area contributed by atoms with Crippen LogP contribution >= 0.6 is 15.9 Å². The van der Waals surface area contributed by atoms with Crippen molar-refractivity contribution in [3.05, 3.63) is 58.1 Å². The number of nitrogens with one attached hydrogen (secondary N) is 1. The fourth-order valence-corrected chi connectivity index (χ4v) is 2.35. The van der Waals surface area contributed by atoms with Gasteiger partial charge in [-0.2, -0.15) is 0 Å². The highest BCUT2D eigenvalue weighted by Crippen LogP contribution is 2.25. The molecule has 0 aliphatic carbocycles. The Morgan fingerprint density at radius 3 is 2.70 bits per heavy atom. The predicted molar refractivity (Wildman–Crippen MR) is 81.4 cm³/mol. The first-order valence-corrected chi connectivity index (χ1v) is 6.79. The standard InChI is InChI=1S/C15H14BrNO3/c1-20-14-5-3-2-4-11(14)9-17-13-7-6-10(15(18)19)8-12(13)16/h2-8,17H,9H2,1H3,(H,18,19). The van der Waals surface area contributed by atoms with Gasteiger partial charge in [0.25, 0.3) is 0 Å². The summed E-state index contributed by atoms with van der Waals surface area (Å²) in [6.45, 7) is 0.592. The van der Waals surface area contributed by atoms with Gasteiger partial charge in [-0.15, -0.1) is 0 Å². The van der Waals surface area contributed by atoms with E-state index in [9.17, 15) is 4.79 Å². The highest BCUT2D eigenvalue weighted by molar-refractivity contribution is 9.10. The van der Waals surface area contributed by atoms with Crippen LogP contribution in [0.4, 0.5) is 5.69 Å². The number of ether oxygens (including phenoxy) is 1. The lowest BCUT2D eigenvalue weighted by Crippen LogP contribution is -2.03. The Bertz CT molecular complexity index is 628. The summed E-state index contributed by atoms with van der Waals surface area (Å²) in [7, 11) is 1.64. The first-order chi connectivity index (χ1) is 9.61. The van der Waals surface area contributed by atoms with Crippen molar-refractivity contribution in [3.63, 3.8) is 0 Å². The minimum absolute atomic E-state index is 0.250. The predicted octanol–water partition coefficient (Wildman–Crippen LogP) is 3.77. The van der Waals surface area contributed by atoms with E-state index < -0.39 is 5.97 Å². The van der Waals surface area contributed by atoms with Gasteiger partial charge in [0.2, 0.25) is 0 Å². The molecule has 0 atom stereocenters. The smallest absolute Gasteiger partial charge is 0.335 e. The number of carboxylic acids is 1. The van der Waals surface area contributed by atoms with E-state index in [1.54, 1.807) is 25.3 Å². The maximum atomic E-state index is 10.9. The van der Waals surface area contributed by atoms with Crippen LogP contribution in [-0.2, 0) is 6.54 Å². The Morgan fingerprint density at radius 1 is 1.30 bits per heavy atom. The number of aromatic carboxylic acids is 1. The molecule has 0 spiro atoms. The van der Waals surface area contributed by atoms with Crippen LogP contribution in [0.5, 0.6) is 5.75 Å². The second kappa shape index (κ2) is 6.43. The Balaban J connectivity index is 2.13. The number of anilines is 1. The zero-order valence-electron chi connectivity index (χ0n) is 10.9. The average molecular weight is 336 g/mol. The van der Waals surface area contributed by atoms with Crippen molar-refractivity contribution >= 4 is 27.6 Å². The third-order valence-electron chi connectivity index (χ3n) is 2.88. The number of hydrogen-bond donors (Lipinski definition) is 2. The molecule has 0 amide bonds. The topological polar surface area (TPSA) is 58.6 Å². The normalized spacial score (nSPS) is 10.1. The largest absolute Gasteiger partial charge is 0.496 e. The van der Waals surface area contributed by atoms with Crippen LogP contribution in [0.15, 0.2) is 46.9 Å². The molecule has 0 heterocycles. The maximum Gasteiger partial charge on any atom is 0.335 e. The molecule has 2 rings (SSSR count). The zero-order chi connectivity index (χ0) is 14.5. The Hall–Kier alpha value is -2.01. The van der Waals surface area contributed by atoms with Gasteiger partial charge in [-0.25, -0.2) is 4.79 Å². The van der Waals surface area contributed by atoms with Crippen molar-refractivity contribution in [2.75, 3.05) is 12.4 Å². The molecule has 0 unspecified atom stereocenters. The Labute approximate surface area is 125 Å². The van der Waals surface area contributed by atoms with Gasteiger partial charge >= 0.3 is 5.97 Å². The number of rotatable bonds is 5. The van der Waals surface area contributed by atoms with E-state index in [-0.39, 0.29) is 5.56 Å². The van der Waals surface area contributed by atoms with Crippen molar-refractivity contribution in [2.24, 2.45) is 0 Å². The number of halogens is 1. The van der Waals surface area contributed by atoms with Crippen LogP contribution in [0.25, 0.3) is 0 Å². The summed E-state index contributed by atoms with van der Waals surface area (Å²) in [6.07, 6.45) is 0. The van der Waals surface area contributed by atoms with E-state index in [4.69, 9.17) is 9.84 Å². The van der Waals surface area contributed by atoms with Gasteiger partial charge in [-0.05, 0) is 40.2 Å². The molecule has 0 aromatic heterocycles. The molecule has 2 aromatic rings. The van der Waals surface area contributed by atoms with Gasteiger partial charge in [-0.1, -0.05) is 18.2 Å². The highest BCUT2D eigenvalue weighted by Gasteiger charge is 2.07. The molecule has 2 N–H and O–H groups in total. The lowest BCUT2D eigenvalue weighted by Gasteiger charge is -2.12. The zero-order valence-corrected chi connectivity index (χ0v) is 12.5. The lowest BCUT2D eigenvalue weighted by molar-refractivity contribution is 0.0697. The van der Waals surface area contributed by atoms with Crippen LogP contribution in [0.2, 0.25) is 0 Å². The van der Waals surface area contributed by atoms with Crippen LogP contribution in [0.3, 0.4) is 0 Å². The fraction of sp³-hybridized carbons (Fsp3) is 0.133. The molecule has 0 fully saturated rings. The molecule has 0 aliphatic rings. The van der Waals surface area contributed by atoms with Crippen molar-refractivity contribution in [1.82, 2.24) is 0 Å². The summed E-state index contributed by atoms with van der Waals surface area (Å²) in [5, 5.41) is 12.2. The van der Waals surface area contributed by atoms with Gasteiger partial charge < -0.3 is 15.2 Å². The molecule has 4 nitrogen and oxygen atoms in total. The summed E-state index contributed by atoms with van der Waals surface area (Å²) in [6, 6.07) is 12.6. The first kappa shape index (κ1) is 14.4. The number of carbonyl (C=O) groups is 1. The molecule has 0 radical (unpaired) electrons. The minimum Gasteiger partial charge on any atom is -0.496 e. The van der Waals surface area contributed by atoms with Crippen molar-refractivity contribution in [3.8, 4) is 5.75 Å². The van der Waals surface area contributed by atoms with Gasteiger partial charge in [0, 0.05) is 22.3 Å². The Morgan fingerprint density at radius 2 is 2.05 bits per heavy atom. The molecule has 0 saturated heterocycles. The van der Waals surface area contributed by atoms with Gasteiger partial charge in [0.1, 0.15) is 5.75 Å². The van der Waals surface area contributed by atoms with Crippen molar-refractivity contribution in [1.29, 1.82) is 0 Å². The summed E-state index contributed by atoms with van der Waals surface area (Å²) >= 11 is 3.37. The van der Waals surface area contributed by atoms with E-state index in [0.29, 0.717) is 11.0 Å². The van der Waals surface area contributed by atoms with E-state index in [0.717, 1.165) is 17.0 Å². The van der Waals surface area contributed by atoms with Crippen molar-refractivity contribution in [2.45, 2.75) is 6.54 Å². The number of hydrogen-bond acceptors (Lipinski definition) is 3. The van der Waals surface area contributed by atoms with E-state index in [2.05, 4.69) is 21.2 Å². The van der Waals surface area contributed by atoms with Crippen LogP contribution in [-0.4, -0.2) is 18.2 Å². The quantitative estimate of drug-likeness (QED) is 0.873. The monoisotopic (exact) mass is 335 g/mol. The summed E-state index contributed by atoms with van der Waals surface area (Å²) in [5.74, 6) is -0.125. The van der Waals surface area contributed by atoms with Crippen LogP contribution in [0.1, 0.15) is 15.9 Å². The molecular weight excluding hydrogens is 322 g/mol. The van der Waals surface area contributed by atoms with E-state index in [1.807, 2.05) is 24.3 Å². The molecule has 5 heteroatoms. The molecule has 0 aliphatic heterocycles. The number of methoxy groups -OCH3 is 1. The molecular formula is C15H14BrNO3. The maximum absolute atomic E-state index is 10.9. The second-order valence-electron chi connectivity index (χ2n) is 4.17. The number of benzene rings is 2. The van der Waals surface area contributed by atoms with Crippen LogP contribution < -0.4 is 10.1 Å². The first-order valence-electron chi connectivity index (χ1n) is 6.00. The minimum atomic E-state index is -0.943. The van der Waals surface area contributed by atoms with E-state index in [1.165, 1.54) is 0 Å². The number of carboxylic acid groups (broad SMARTS) is 1. The third kappa shape index (κ3) is 3.30. The lowest BCUT2D eigenvalue weighted by atomic mass is 10.1. The summed E-state index contributed by atoms with van der Waals surface area (Å²) in [4.78, 5) is 10.9. The average Bonchev–Trinajstić information content (AvgIpc) is 2.46. The molecule has 0 saturated carbocycles. The van der Waals surface area contributed by atoms with Crippen LogP contribution in [0, 0.1) is 0 Å². The van der Waals surface area contributed by atoms with Gasteiger partial charge in [0.15, 0.2) is 0 Å². The second-order valence-corrected chi connectivity index (χ2v) is 5.02. The van der Waals surface area contributed by atoms with Gasteiger partial charge in [-0.3, -0.25) is 0 Å². The highest BCUT2D eigenvalue weighted by atomic mass is 79.9. The Kier molecular flexibility index (Phi) is 4.63. The summed E-state index contributed by atoms with van der Waals surface area (Å²) < 4.78 is 6.00. The van der Waals surface area contributed by atoms with Gasteiger partial charge in [0.05, 0.1) is 12.7 Å². The molecule has 20 heavy (non-hydrogen) atoms. The molecule has 0 bridgehead atoms. The molecule has 2 aromatic carbocycles. The number of para-hydroxylation sites is 1. The fourth-order valence-electron chi connectivity index (χ4n) is 1.83. The third-order valence-corrected chi connectivity index (χ3v) is 3.53. The summed E-state index contributed by atoms with van der Waals surface area (Å²) in [5.41, 5.74) is 2.12. The van der Waals surface area contributed by atoms with E-state index >= 15 is 0 Å². The molecule has 104 valence electrons. The van der Waals surface area contributed by atoms with Crippen molar-refractivity contribution < 1.29 is 14.6 Å².